The molecule has 36 heavy (non-hydrogen) atoms. The van der Waals surface area contributed by atoms with Crippen LogP contribution in [0.5, 0.6) is 0 Å². The minimum atomic E-state index is 0.311. The lowest BCUT2D eigenvalue weighted by Gasteiger charge is -2.27. The Bertz CT molecular complexity index is 1290. The highest BCUT2D eigenvalue weighted by Gasteiger charge is 2.28. The summed E-state index contributed by atoms with van der Waals surface area (Å²) in [6.07, 6.45) is 16.2. The Kier molecular flexibility index (Phi) is 7.41. The minimum absolute atomic E-state index is 0.311. The van der Waals surface area contributed by atoms with Crippen molar-refractivity contribution in [2.24, 2.45) is 0 Å². The topological polar surface area (TPSA) is 61.0 Å². The zero-order chi connectivity index (χ0) is 25.1. The van der Waals surface area contributed by atoms with Crippen molar-refractivity contribution in [2.45, 2.75) is 65.3 Å². The summed E-state index contributed by atoms with van der Waals surface area (Å²) in [5.41, 5.74) is 2.89. The molecule has 0 unspecified atom stereocenters. The van der Waals surface area contributed by atoms with Crippen LogP contribution in [-0.2, 0) is 11.3 Å². The third kappa shape index (κ3) is 5.05. The van der Waals surface area contributed by atoms with Crippen molar-refractivity contribution >= 4 is 27.6 Å². The van der Waals surface area contributed by atoms with E-state index in [1.54, 1.807) is 7.11 Å². The van der Waals surface area contributed by atoms with E-state index in [-0.39, 0.29) is 0 Å². The molecule has 0 spiro atoms. The number of nitrogens with zero attached hydrogens (tertiary/aromatic N) is 6. The fourth-order valence-corrected chi connectivity index (χ4v) is 6.26. The van der Waals surface area contributed by atoms with Gasteiger partial charge in [-0.25, -0.2) is 14.6 Å². The monoisotopic (exact) mass is 504 g/mol. The Labute approximate surface area is 217 Å². The molecule has 3 aromatic heterocycles. The van der Waals surface area contributed by atoms with Crippen LogP contribution < -0.4 is 4.90 Å². The van der Waals surface area contributed by atoms with Crippen molar-refractivity contribution in [1.82, 2.24) is 24.3 Å². The maximum absolute atomic E-state index is 5.55. The number of imidazole rings is 1. The third-order valence-corrected chi connectivity index (χ3v) is 8.40. The van der Waals surface area contributed by atoms with Gasteiger partial charge in [0.25, 0.3) is 0 Å². The van der Waals surface area contributed by atoms with Crippen molar-refractivity contribution in [1.29, 1.82) is 0 Å². The number of aromatic nitrogens is 5. The molecule has 5 heterocycles. The van der Waals surface area contributed by atoms with Crippen LogP contribution in [0.1, 0.15) is 74.1 Å². The van der Waals surface area contributed by atoms with E-state index in [1.165, 1.54) is 42.2 Å². The van der Waals surface area contributed by atoms with Gasteiger partial charge in [0.2, 0.25) is 0 Å². The highest BCUT2D eigenvalue weighted by atomic mass is 32.1. The number of ether oxygens (including phenoxy) is 1. The van der Waals surface area contributed by atoms with Crippen LogP contribution in [-0.4, -0.2) is 44.5 Å². The van der Waals surface area contributed by atoms with Crippen molar-refractivity contribution in [2.75, 3.05) is 25.1 Å². The second-order valence-corrected chi connectivity index (χ2v) is 10.7. The number of piperidine rings is 1. The molecule has 0 saturated carbocycles. The second-order valence-electron chi connectivity index (χ2n) is 9.58. The summed E-state index contributed by atoms with van der Waals surface area (Å²) in [7, 11) is 1.69. The SMILES string of the molecule is CC=C(/C=C\C(=C(/C)OC)n1cnc(C)c1)c1nc2n(n1)CCC[C@H]2c1ccc(N2CCCCC2)s1. The molecule has 1 saturated heterocycles. The van der Waals surface area contributed by atoms with Crippen molar-refractivity contribution in [3.63, 3.8) is 0 Å². The summed E-state index contributed by atoms with van der Waals surface area (Å²) in [4.78, 5) is 13.4. The van der Waals surface area contributed by atoms with Gasteiger partial charge < -0.3 is 14.2 Å². The van der Waals surface area contributed by atoms with E-state index in [2.05, 4.69) is 44.9 Å². The molecule has 0 radical (unpaired) electrons. The van der Waals surface area contributed by atoms with E-state index < -0.39 is 0 Å². The number of thiophene rings is 1. The van der Waals surface area contributed by atoms with Crippen molar-refractivity contribution in [3.8, 4) is 0 Å². The molecule has 2 aliphatic heterocycles. The van der Waals surface area contributed by atoms with Gasteiger partial charge >= 0.3 is 0 Å². The second kappa shape index (κ2) is 10.9. The summed E-state index contributed by atoms with van der Waals surface area (Å²) in [6, 6.07) is 4.63. The van der Waals surface area contributed by atoms with Gasteiger partial charge in [-0.3, -0.25) is 0 Å². The number of fused-ring (bicyclic) bond motifs is 1. The third-order valence-electron chi connectivity index (χ3n) is 7.15. The summed E-state index contributed by atoms with van der Waals surface area (Å²) in [5.74, 6) is 2.99. The molecule has 3 aromatic rings. The Morgan fingerprint density at radius 1 is 1.11 bits per heavy atom. The fraction of sp³-hybridized carbons (Fsp3) is 0.464. The Morgan fingerprint density at radius 2 is 1.94 bits per heavy atom. The van der Waals surface area contributed by atoms with Crippen molar-refractivity contribution in [3.05, 3.63) is 70.9 Å². The number of allylic oxidation sites excluding steroid dienone is 6. The maximum Gasteiger partial charge on any atom is 0.181 e. The molecule has 0 N–H and O–H groups in total. The van der Waals surface area contributed by atoms with E-state index in [1.807, 2.05) is 49.2 Å². The molecular weight excluding hydrogens is 468 g/mol. The van der Waals surface area contributed by atoms with Crippen LogP contribution in [0.3, 0.4) is 0 Å². The molecule has 0 bridgehead atoms. The minimum Gasteiger partial charge on any atom is -0.499 e. The first kappa shape index (κ1) is 24.6. The molecule has 0 aromatic carbocycles. The summed E-state index contributed by atoms with van der Waals surface area (Å²) >= 11 is 1.94. The first-order chi connectivity index (χ1) is 17.6. The lowest BCUT2D eigenvalue weighted by atomic mass is 9.97. The Hall–Kier alpha value is -3.13. The number of hydrogen-bond donors (Lipinski definition) is 0. The molecule has 0 amide bonds. The standard InChI is InChI=1S/C28H36N6OS/c1-5-22(11-12-24(21(3)35-4)33-18-20(2)29-19-33)27-30-28-23(10-9-17-34(28)31-27)25-13-14-26(36-25)32-15-7-6-8-16-32/h5,11-14,18-19,23H,6-10,15-17H2,1-4H3/b12-11-,22-5?,24-21-/t23-/m0/s1. The number of methoxy groups -OCH3 is 1. The molecular formula is C28H36N6OS. The zero-order valence-electron chi connectivity index (χ0n) is 21.8. The number of hydrogen-bond acceptors (Lipinski definition) is 6. The number of rotatable bonds is 7. The smallest absolute Gasteiger partial charge is 0.181 e. The summed E-state index contributed by atoms with van der Waals surface area (Å²) in [6.45, 7) is 9.26. The van der Waals surface area contributed by atoms with Gasteiger partial charge in [-0.05, 0) is 77.2 Å². The average Bonchev–Trinajstić information content (AvgIpc) is 3.66. The molecule has 1 atom stereocenters. The largest absolute Gasteiger partial charge is 0.499 e. The summed E-state index contributed by atoms with van der Waals surface area (Å²) < 4.78 is 9.65. The van der Waals surface area contributed by atoms with E-state index in [9.17, 15) is 0 Å². The highest BCUT2D eigenvalue weighted by Crippen LogP contribution is 2.39. The molecule has 5 rings (SSSR count). The molecule has 0 aliphatic carbocycles. The van der Waals surface area contributed by atoms with Gasteiger partial charge in [0.15, 0.2) is 5.82 Å². The van der Waals surface area contributed by atoms with Crippen LogP contribution in [0.15, 0.2) is 48.6 Å². The van der Waals surface area contributed by atoms with E-state index in [4.69, 9.17) is 14.8 Å². The quantitative estimate of drug-likeness (QED) is 0.281. The molecule has 1 fully saturated rings. The molecule has 190 valence electrons. The lowest BCUT2D eigenvalue weighted by molar-refractivity contribution is 0.294. The predicted molar refractivity (Wildman–Crippen MR) is 147 cm³/mol. The van der Waals surface area contributed by atoms with Crippen LogP contribution in [0.4, 0.5) is 5.00 Å². The van der Waals surface area contributed by atoms with E-state index in [0.717, 1.165) is 53.8 Å². The Morgan fingerprint density at radius 3 is 2.67 bits per heavy atom. The van der Waals surface area contributed by atoms with Crippen LogP contribution in [0, 0.1) is 6.92 Å². The van der Waals surface area contributed by atoms with E-state index >= 15 is 0 Å². The predicted octanol–water partition coefficient (Wildman–Crippen LogP) is 6.26. The van der Waals surface area contributed by atoms with Gasteiger partial charge in [-0.1, -0.05) is 6.08 Å². The number of aryl methyl sites for hydroxylation is 2. The first-order valence-corrected chi connectivity index (χ1v) is 13.8. The molecule has 2 aliphatic rings. The van der Waals surface area contributed by atoms with E-state index in [0.29, 0.717) is 5.92 Å². The zero-order valence-corrected chi connectivity index (χ0v) is 22.6. The van der Waals surface area contributed by atoms with Crippen LogP contribution in [0.2, 0.25) is 0 Å². The van der Waals surface area contributed by atoms with Crippen LogP contribution in [0.25, 0.3) is 11.3 Å². The van der Waals surface area contributed by atoms with Crippen molar-refractivity contribution < 1.29 is 4.74 Å². The first-order valence-electron chi connectivity index (χ1n) is 13.0. The summed E-state index contributed by atoms with van der Waals surface area (Å²) in [5, 5.41) is 6.33. The van der Waals surface area contributed by atoms with Gasteiger partial charge in [-0.2, -0.15) is 5.10 Å². The lowest BCUT2D eigenvalue weighted by Crippen LogP contribution is -2.28. The van der Waals surface area contributed by atoms with Gasteiger partial charge in [-0.15, -0.1) is 11.3 Å². The average molecular weight is 505 g/mol. The highest BCUT2D eigenvalue weighted by molar-refractivity contribution is 7.16. The molecule has 7 nitrogen and oxygen atoms in total. The van der Waals surface area contributed by atoms with Gasteiger partial charge in [0.05, 0.1) is 35.7 Å². The van der Waals surface area contributed by atoms with Crippen LogP contribution >= 0.6 is 11.3 Å². The molecule has 8 heteroatoms. The fourth-order valence-electron chi connectivity index (χ4n) is 5.07. The van der Waals surface area contributed by atoms with Gasteiger partial charge in [0.1, 0.15) is 11.6 Å². The van der Waals surface area contributed by atoms with Gasteiger partial charge in [0, 0.05) is 36.3 Å². The number of anilines is 1. The maximum atomic E-state index is 5.55. The Balaban J connectivity index is 1.40. The normalized spacial score (nSPS) is 19.5.